The van der Waals surface area contributed by atoms with E-state index in [0.717, 1.165) is 31.6 Å². The molecule has 0 aliphatic heterocycles. The van der Waals surface area contributed by atoms with Crippen molar-refractivity contribution in [2.45, 2.75) is 31.7 Å². The summed E-state index contributed by atoms with van der Waals surface area (Å²) in [5, 5.41) is 0.790. The molecule has 0 amide bonds. The predicted molar refractivity (Wildman–Crippen MR) is 114 cm³/mol. The van der Waals surface area contributed by atoms with Crippen molar-refractivity contribution in [3.05, 3.63) is 62.7 Å². The summed E-state index contributed by atoms with van der Waals surface area (Å²) >= 11 is 6.90. The van der Waals surface area contributed by atoms with Crippen LogP contribution in [-0.2, 0) is 10.5 Å². The van der Waals surface area contributed by atoms with Crippen LogP contribution in [0, 0.1) is 13.8 Å². The van der Waals surface area contributed by atoms with Gasteiger partial charge in [0.2, 0.25) is 0 Å². The van der Waals surface area contributed by atoms with Gasteiger partial charge in [0, 0.05) is 22.0 Å². The average molecular weight is 463 g/mol. The van der Waals surface area contributed by atoms with Crippen molar-refractivity contribution < 1.29 is 9.53 Å². The van der Waals surface area contributed by atoms with Crippen LogP contribution >= 0.6 is 39.0 Å². The normalized spacial score (nSPS) is 10.8. The minimum absolute atomic E-state index is 0.292. The molecule has 3 rings (SSSR count). The Morgan fingerprint density at radius 3 is 2.44 bits per heavy atom. The maximum absolute atomic E-state index is 11.8. The smallest absolute Gasteiger partial charge is 0.338 e. The molecule has 140 valence electrons. The summed E-state index contributed by atoms with van der Waals surface area (Å²) in [7, 11) is 0. The first-order valence-corrected chi connectivity index (χ1v) is 11.1. The van der Waals surface area contributed by atoms with E-state index in [4.69, 9.17) is 4.74 Å². The van der Waals surface area contributed by atoms with Crippen LogP contribution in [0.25, 0.3) is 10.4 Å². The maximum atomic E-state index is 11.8. The second-order valence-corrected chi connectivity index (χ2v) is 9.30. The lowest BCUT2D eigenvalue weighted by Crippen LogP contribution is -2.03. The van der Waals surface area contributed by atoms with Crippen molar-refractivity contribution in [1.82, 2.24) is 9.97 Å². The van der Waals surface area contributed by atoms with Crippen LogP contribution in [0.15, 0.2) is 45.3 Å². The molecule has 0 bridgehead atoms. The number of thiophene rings is 1. The van der Waals surface area contributed by atoms with Crippen LogP contribution in [0.1, 0.15) is 34.2 Å². The number of esters is 1. The number of aryl methyl sites for hydroxylation is 2. The van der Waals surface area contributed by atoms with Gasteiger partial charge in [-0.3, -0.25) is 0 Å². The van der Waals surface area contributed by atoms with Crippen LogP contribution < -0.4 is 0 Å². The fraction of sp³-hybridized carbons (Fsp3) is 0.250. The summed E-state index contributed by atoms with van der Waals surface area (Å²) in [6.45, 7) is 6.14. The first-order chi connectivity index (χ1) is 13.0. The number of ether oxygens (including phenoxy) is 1. The lowest BCUT2D eigenvalue weighted by atomic mass is 10.1. The molecule has 27 heavy (non-hydrogen) atoms. The van der Waals surface area contributed by atoms with E-state index in [1.54, 1.807) is 30.0 Å². The largest absolute Gasteiger partial charge is 0.462 e. The fourth-order valence-electron chi connectivity index (χ4n) is 2.62. The zero-order chi connectivity index (χ0) is 19.4. The Kier molecular flexibility index (Phi) is 6.68. The van der Waals surface area contributed by atoms with Crippen LogP contribution in [0.2, 0.25) is 0 Å². The molecule has 4 nitrogen and oxygen atoms in total. The Balaban J connectivity index is 1.80. The average Bonchev–Trinajstić information content (AvgIpc) is 3.00. The molecule has 0 spiro atoms. The summed E-state index contributed by atoms with van der Waals surface area (Å²) in [5.74, 6) is 0.485. The van der Waals surface area contributed by atoms with Gasteiger partial charge in [-0.05, 0) is 72.1 Å². The molecule has 0 unspecified atom stereocenters. The van der Waals surface area contributed by atoms with E-state index in [-0.39, 0.29) is 5.97 Å². The lowest BCUT2D eigenvalue weighted by molar-refractivity contribution is 0.0526. The zero-order valence-corrected chi connectivity index (χ0v) is 18.5. The molecule has 0 N–H and O–H groups in total. The molecule has 3 aromatic rings. The van der Waals surface area contributed by atoms with Gasteiger partial charge in [0.1, 0.15) is 0 Å². The summed E-state index contributed by atoms with van der Waals surface area (Å²) in [6.07, 6.45) is 0. The highest BCUT2D eigenvalue weighted by molar-refractivity contribution is 9.11. The van der Waals surface area contributed by atoms with Crippen molar-refractivity contribution in [2.24, 2.45) is 0 Å². The Morgan fingerprint density at radius 1 is 1.15 bits per heavy atom. The number of nitrogens with zero attached hydrogens (tertiary/aromatic N) is 2. The third-order valence-corrected chi connectivity index (χ3v) is 6.38. The number of carbonyl (C=O) groups is 1. The SMILES string of the molecule is CCOC(=O)c1ccc(-c2sc(Br)cc2CSc2nc(C)cc(C)n2)cc1. The van der Waals surface area contributed by atoms with E-state index in [1.807, 2.05) is 44.2 Å². The van der Waals surface area contributed by atoms with Gasteiger partial charge in [0.05, 0.1) is 16.0 Å². The Hall–Kier alpha value is -1.70. The van der Waals surface area contributed by atoms with Gasteiger partial charge >= 0.3 is 5.97 Å². The second-order valence-electron chi connectivity index (χ2n) is 5.92. The number of halogens is 1. The molecule has 0 saturated carbocycles. The topological polar surface area (TPSA) is 52.1 Å². The van der Waals surface area contributed by atoms with Crippen molar-refractivity contribution >= 4 is 45.0 Å². The van der Waals surface area contributed by atoms with Crippen molar-refractivity contribution in [1.29, 1.82) is 0 Å². The lowest BCUT2D eigenvalue weighted by Gasteiger charge is -2.06. The molecule has 7 heteroatoms. The molecule has 0 fully saturated rings. The minimum atomic E-state index is -0.292. The van der Waals surface area contributed by atoms with Crippen LogP contribution in [0.3, 0.4) is 0 Å². The van der Waals surface area contributed by atoms with Gasteiger partial charge in [0.15, 0.2) is 5.16 Å². The van der Waals surface area contributed by atoms with Crippen LogP contribution in [-0.4, -0.2) is 22.5 Å². The number of carbonyl (C=O) groups excluding carboxylic acids is 1. The fourth-order valence-corrected chi connectivity index (χ4v) is 5.31. The number of aromatic nitrogens is 2. The highest BCUT2D eigenvalue weighted by Crippen LogP contribution is 2.38. The Morgan fingerprint density at radius 2 is 1.81 bits per heavy atom. The van der Waals surface area contributed by atoms with Gasteiger partial charge in [-0.15, -0.1) is 11.3 Å². The standard InChI is InChI=1S/C20H19BrN2O2S2/c1-4-25-19(24)15-7-5-14(6-8-15)18-16(10-17(21)27-18)11-26-20-22-12(2)9-13(3)23-20/h5-10H,4,11H2,1-3H3. The number of benzene rings is 1. The van der Waals surface area contributed by atoms with Gasteiger partial charge in [-0.1, -0.05) is 23.9 Å². The molecule has 0 radical (unpaired) electrons. The first kappa shape index (κ1) is 20.0. The quantitative estimate of drug-likeness (QED) is 0.253. The van der Waals surface area contributed by atoms with Gasteiger partial charge < -0.3 is 4.74 Å². The highest BCUT2D eigenvalue weighted by atomic mass is 79.9. The van der Waals surface area contributed by atoms with E-state index >= 15 is 0 Å². The number of hydrogen-bond acceptors (Lipinski definition) is 6. The van der Waals surface area contributed by atoms with E-state index in [9.17, 15) is 4.79 Å². The molecular formula is C20H19BrN2O2S2. The minimum Gasteiger partial charge on any atom is -0.462 e. The molecule has 0 atom stereocenters. The van der Waals surface area contributed by atoms with Crippen LogP contribution in [0.4, 0.5) is 0 Å². The molecule has 0 aliphatic rings. The molecule has 0 aliphatic carbocycles. The third kappa shape index (κ3) is 5.18. The summed E-state index contributed by atoms with van der Waals surface area (Å²) in [5.41, 5.74) is 4.81. The number of rotatable bonds is 6. The summed E-state index contributed by atoms with van der Waals surface area (Å²) < 4.78 is 6.12. The molecule has 0 saturated heterocycles. The Labute approximate surface area is 175 Å². The maximum Gasteiger partial charge on any atom is 0.338 e. The third-order valence-electron chi connectivity index (χ3n) is 3.76. The monoisotopic (exact) mass is 462 g/mol. The highest BCUT2D eigenvalue weighted by Gasteiger charge is 2.13. The van der Waals surface area contributed by atoms with E-state index in [1.165, 1.54) is 10.4 Å². The second kappa shape index (κ2) is 8.99. The van der Waals surface area contributed by atoms with E-state index in [0.29, 0.717) is 12.2 Å². The van der Waals surface area contributed by atoms with Crippen molar-refractivity contribution in [2.75, 3.05) is 6.61 Å². The Bertz CT molecular complexity index is 935. The van der Waals surface area contributed by atoms with Gasteiger partial charge in [-0.2, -0.15) is 0 Å². The first-order valence-electron chi connectivity index (χ1n) is 8.47. The number of thioether (sulfide) groups is 1. The molecule has 2 heterocycles. The van der Waals surface area contributed by atoms with E-state index in [2.05, 4.69) is 32.0 Å². The number of hydrogen-bond donors (Lipinski definition) is 0. The van der Waals surface area contributed by atoms with Crippen molar-refractivity contribution in [3.63, 3.8) is 0 Å². The van der Waals surface area contributed by atoms with Crippen LogP contribution in [0.5, 0.6) is 0 Å². The summed E-state index contributed by atoms with van der Waals surface area (Å²) in [6, 6.07) is 11.7. The van der Waals surface area contributed by atoms with Crippen molar-refractivity contribution in [3.8, 4) is 10.4 Å². The summed E-state index contributed by atoms with van der Waals surface area (Å²) in [4.78, 5) is 22.0. The van der Waals surface area contributed by atoms with E-state index < -0.39 is 0 Å². The molecular weight excluding hydrogens is 444 g/mol. The molecule has 2 aromatic heterocycles. The van der Waals surface area contributed by atoms with Gasteiger partial charge in [0.25, 0.3) is 0 Å². The molecule has 1 aromatic carbocycles. The predicted octanol–water partition coefficient (Wildman–Crippen LogP) is 6.05. The zero-order valence-electron chi connectivity index (χ0n) is 15.3. The van der Waals surface area contributed by atoms with Gasteiger partial charge in [-0.25, -0.2) is 14.8 Å².